The topological polar surface area (TPSA) is 34.1 Å². The molecule has 0 amide bonds. The Labute approximate surface area is 130 Å². The first-order valence-corrected chi connectivity index (χ1v) is 7.24. The number of halogens is 3. The first-order chi connectivity index (χ1) is 9.60. The van der Waals surface area contributed by atoms with Crippen molar-refractivity contribution >= 4 is 33.3 Å². The van der Waals surface area contributed by atoms with Crippen LogP contribution in [0.4, 0.5) is 10.2 Å². The fourth-order valence-corrected chi connectivity index (χ4v) is 2.10. The largest absolute Gasteiger partial charge is 0.484 e. The van der Waals surface area contributed by atoms with E-state index in [0.29, 0.717) is 21.0 Å². The number of hydrogen-bond acceptors (Lipinski definition) is 3. The predicted molar refractivity (Wildman–Crippen MR) is 81.8 cm³/mol. The minimum atomic E-state index is -0.432. The van der Waals surface area contributed by atoms with Gasteiger partial charge in [0.2, 0.25) is 0 Å². The lowest BCUT2D eigenvalue weighted by atomic mass is 10.3. The Bertz CT molecular complexity index is 610. The van der Waals surface area contributed by atoms with Gasteiger partial charge in [0.25, 0.3) is 0 Å². The van der Waals surface area contributed by atoms with Crippen LogP contribution >= 0.6 is 27.5 Å². The van der Waals surface area contributed by atoms with Gasteiger partial charge in [-0.1, -0.05) is 27.5 Å². The zero-order valence-corrected chi connectivity index (χ0v) is 13.1. The Morgan fingerprint density at radius 3 is 2.85 bits per heavy atom. The number of rotatable bonds is 5. The molecule has 2 rings (SSSR count). The van der Waals surface area contributed by atoms with Gasteiger partial charge in [0.15, 0.2) is 11.6 Å². The molecule has 106 valence electrons. The van der Waals surface area contributed by atoms with Crippen LogP contribution in [0.25, 0.3) is 0 Å². The van der Waals surface area contributed by atoms with Gasteiger partial charge in [-0.05, 0) is 37.3 Å². The van der Waals surface area contributed by atoms with E-state index in [-0.39, 0.29) is 12.4 Å². The summed E-state index contributed by atoms with van der Waals surface area (Å²) in [6.45, 7) is 2.84. The van der Waals surface area contributed by atoms with E-state index < -0.39 is 5.82 Å². The van der Waals surface area contributed by atoms with Gasteiger partial charge in [0.05, 0.1) is 10.7 Å². The zero-order chi connectivity index (χ0) is 14.5. The maximum absolute atomic E-state index is 13.6. The van der Waals surface area contributed by atoms with Crippen molar-refractivity contribution in [2.24, 2.45) is 0 Å². The predicted octanol–water partition coefficient (Wildman–Crippen LogP) is 4.65. The van der Waals surface area contributed by atoms with Crippen LogP contribution in [0.15, 0.2) is 34.8 Å². The summed E-state index contributed by atoms with van der Waals surface area (Å²) in [6.07, 6.45) is 0. The summed E-state index contributed by atoms with van der Waals surface area (Å²) < 4.78 is 19.7. The molecule has 1 aromatic carbocycles. The second kappa shape index (κ2) is 6.90. The highest BCUT2D eigenvalue weighted by Crippen LogP contribution is 2.24. The van der Waals surface area contributed by atoms with Crippen molar-refractivity contribution in [3.63, 3.8) is 0 Å². The smallest absolute Gasteiger partial charge is 0.166 e. The van der Waals surface area contributed by atoms with E-state index in [1.807, 2.05) is 6.92 Å². The van der Waals surface area contributed by atoms with Gasteiger partial charge >= 0.3 is 0 Å². The van der Waals surface area contributed by atoms with Crippen molar-refractivity contribution in [2.45, 2.75) is 13.5 Å². The number of hydrogen-bond donors (Lipinski definition) is 1. The van der Waals surface area contributed by atoms with Crippen LogP contribution in [-0.2, 0) is 6.61 Å². The van der Waals surface area contributed by atoms with E-state index in [4.69, 9.17) is 16.3 Å². The summed E-state index contributed by atoms with van der Waals surface area (Å²) >= 11 is 9.25. The van der Waals surface area contributed by atoms with Crippen molar-refractivity contribution in [1.82, 2.24) is 4.98 Å². The fraction of sp³-hybridized carbons (Fsp3) is 0.214. The molecular formula is C14H13BrClFN2O. The summed E-state index contributed by atoms with van der Waals surface area (Å²) in [5.41, 5.74) is 0.562. The SMILES string of the molecule is CCNc1ccc(Cl)c(COc2ccc(Br)cc2F)n1. The van der Waals surface area contributed by atoms with Gasteiger partial charge in [0.1, 0.15) is 12.4 Å². The van der Waals surface area contributed by atoms with Gasteiger partial charge in [-0.15, -0.1) is 0 Å². The summed E-state index contributed by atoms with van der Waals surface area (Å²) in [4.78, 5) is 4.32. The second-order valence-corrected chi connectivity index (χ2v) is 5.34. The lowest BCUT2D eigenvalue weighted by molar-refractivity contribution is 0.286. The number of nitrogens with zero attached hydrogens (tertiary/aromatic N) is 1. The van der Waals surface area contributed by atoms with Crippen molar-refractivity contribution in [3.05, 3.63) is 51.3 Å². The number of benzene rings is 1. The van der Waals surface area contributed by atoms with Crippen molar-refractivity contribution < 1.29 is 9.13 Å². The van der Waals surface area contributed by atoms with Crippen molar-refractivity contribution in [1.29, 1.82) is 0 Å². The molecule has 0 unspecified atom stereocenters. The van der Waals surface area contributed by atoms with Gasteiger partial charge < -0.3 is 10.1 Å². The van der Waals surface area contributed by atoms with E-state index in [1.54, 1.807) is 24.3 Å². The highest BCUT2D eigenvalue weighted by Gasteiger charge is 2.08. The quantitative estimate of drug-likeness (QED) is 0.844. The Morgan fingerprint density at radius 2 is 2.15 bits per heavy atom. The maximum atomic E-state index is 13.6. The van der Waals surface area contributed by atoms with E-state index in [2.05, 4.69) is 26.2 Å². The van der Waals surface area contributed by atoms with Crippen LogP contribution < -0.4 is 10.1 Å². The third kappa shape index (κ3) is 3.84. The van der Waals surface area contributed by atoms with Crippen molar-refractivity contribution in [3.8, 4) is 5.75 Å². The molecule has 6 heteroatoms. The molecule has 1 N–H and O–H groups in total. The molecule has 0 aliphatic rings. The minimum Gasteiger partial charge on any atom is -0.484 e. The highest BCUT2D eigenvalue weighted by molar-refractivity contribution is 9.10. The molecular weight excluding hydrogens is 347 g/mol. The monoisotopic (exact) mass is 358 g/mol. The van der Waals surface area contributed by atoms with Gasteiger partial charge in [-0.3, -0.25) is 0 Å². The highest BCUT2D eigenvalue weighted by atomic mass is 79.9. The summed E-state index contributed by atoms with van der Waals surface area (Å²) in [5, 5.41) is 3.58. The Balaban J connectivity index is 2.11. The maximum Gasteiger partial charge on any atom is 0.166 e. The molecule has 0 aliphatic carbocycles. The molecule has 1 heterocycles. The summed E-state index contributed by atoms with van der Waals surface area (Å²) in [5.74, 6) is 0.449. The third-order valence-electron chi connectivity index (χ3n) is 2.53. The van der Waals surface area contributed by atoms with Crippen LogP contribution in [-0.4, -0.2) is 11.5 Å². The van der Waals surface area contributed by atoms with E-state index in [1.165, 1.54) is 6.07 Å². The van der Waals surface area contributed by atoms with E-state index >= 15 is 0 Å². The summed E-state index contributed by atoms with van der Waals surface area (Å²) in [7, 11) is 0. The molecule has 1 aromatic heterocycles. The Kier molecular flexibility index (Phi) is 5.20. The lowest BCUT2D eigenvalue weighted by Crippen LogP contribution is -2.05. The molecule has 0 radical (unpaired) electrons. The lowest BCUT2D eigenvalue weighted by Gasteiger charge is -2.10. The molecule has 0 aliphatic heterocycles. The molecule has 2 aromatic rings. The third-order valence-corrected chi connectivity index (χ3v) is 3.37. The minimum absolute atomic E-state index is 0.108. The van der Waals surface area contributed by atoms with Crippen LogP contribution in [0.1, 0.15) is 12.6 Å². The molecule has 0 saturated carbocycles. The molecule has 20 heavy (non-hydrogen) atoms. The first-order valence-electron chi connectivity index (χ1n) is 6.07. The molecule has 0 spiro atoms. The van der Waals surface area contributed by atoms with E-state index in [9.17, 15) is 4.39 Å². The summed E-state index contributed by atoms with van der Waals surface area (Å²) in [6, 6.07) is 8.14. The number of ether oxygens (including phenoxy) is 1. The normalized spacial score (nSPS) is 10.4. The number of pyridine rings is 1. The van der Waals surface area contributed by atoms with Crippen LogP contribution in [0, 0.1) is 5.82 Å². The average Bonchev–Trinajstić information content (AvgIpc) is 2.41. The molecule has 0 fully saturated rings. The first kappa shape index (κ1) is 15.1. The number of nitrogens with one attached hydrogen (secondary N) is 1. The van der Waals surface area contributed by atoms with E-state index in [0.717, 1.165) is 6.54 Å². The van der Waals surface area contributed by atoms with Gasteiger partial charge in [0, 0.05) is 11.0 Å². The standard InChI is InChI=1S/C14H13BrClFN2O/c1-2-18-14-6-4-10(16)12(19-14)8-20-13-5-3-9(15)7-11(13)17/h3-7H,2,8H2,1H3,(H,18,19). The van der Waals surface area contributed by atoms with Crippen LogP contribution in [0.2, 0.25) is 5.02 Å². The van der Waals surface area contributed by atoms with Gasteiger partial charge in [-0.2, -0.15) is 0 Å². The van der Waals surface area contributed by atoms with Crippen LogP contribution in [0.3, 0.4) is 0 Å². The Hall–Kier alpha value is -1.33. The second-order valence-electron chi connectivity index (χ2n) is 4.02. The number of aromatic nitrogens is 1. The number of anilines is 1. The molecule has 3 nitrogen and oxygen atoms in total. The van der Waals surface area contributed by atoms with Crippen LogP contribution in [0.5, 0.6) is 5.75 Å². The molecule has 0 atom stereocenters. The van der Waals surface area contributed by atoms with Crippen molar-refractivity contribution in [2.75, 3.05) is 11.9 Å². The zero-order valence-electron chi connectivity index (χ0n) is 10.8. The fourth-order valence-electron chi connectivity index (χ4n) is 1.60. The molecule has 0 saturated heterocycles. The average molecular weight is 360 g/mol. The molecule has 0 bridgehead atoms. The Morgan fingerprint density at radius 1 is 1.35 bits per heavy atom. The van der Waals surface area contributed by atoms with Gasteiger partial charge in [-0.25, -0.2) is 9.37 Å².